The number of amides is 4. The summed E-state index contributed by atoms with van der Waals surface area (Å²) in [6, 6.07) is 8.52. The maximum absolute atomic E-state index is 12.6. The van der Waals surface area contributed by atoms with Crippen LogP contribution in [0.15, 0.2) is 30.3 Å². The van der Waals surface area contributed by atoms with Gasteiger partial charge in [0.25, 0.3) is 5.91 Å². The van der Waals surface area contributed by atoms with Gasteiger partial charge in [0.2, 0.25) is 5.91 Å². The zero-order chi connectivity index (χ0) is 21.1. The van der Waals surface area contributed by atoms with Crippen molar-refractivity contribution in [2.24, 2.45) is 0 Å². The van der Waals surface area contributed by atoms with Crippen LogP contribution in [0.3, 0.4) is 0 Å². The van der Waals surface area contributed by atoms with E-state index in [-0.39, 0.29) is 30.8 Å². The van der Waals surface area contributed by atoms with Gasteiger partial charge < -0.3 is 10.6 Å². The van der Waals surface area contributed by atoms with Crippen LogP contribution >= 0.6 is 0 Å². The zero-order valence-corrected chi connectivity index (χ0v) is 17.2. The van der Waals surface area contributed by atoms with Crippen molar-refractivity contribution in [3.63, 3.8) is 0 Å². The molecule has 1 aliphatic rings. The summed E-state index contributed by atoms with van der Waals surface area (Å²) >= 11 is 0. The van der Waals surface area contributed by atoms with Gasteiger partial charge in [-0.05, 0) is 39.7 Å². The molecule has 1 aromatic carbocycles. The van der Waals surface area contributed by atoms with Crippen LogP contribution in [-0.2, 0) is 16.0 Å². The summed E-state index contributed by atoms with van der Waals surface area (Å²) in [5, 5.41) is 9.90. The van der Waals surface area contributed by atoms with Crippen LogP contribution in [0.1, 0.15) is 43.3 Å². The summed E-state index contributed by atoms with van der Waals surface area (Å²) in [6.07, 6.45) is 0.462. The lowest BCUT2D eigenvalue weighted by Gasteiger charge is -2.13. The molecular formula is C21H27N5O3. The minimum absolute atomic E-state index is 0.113. The third-order valence-electron chi connectivity index (χ3n) is 5.04. The van der Waals surface area contributed by atoms with Gasteiger partial charge in [-0.25, -0.2) is 4.79 Å². The van der Waals surface area contributed by atoms with Crippen molar-refractivity contribution in [1.82, 2.24) is 20.0 Å². The molecule has 2 aromatic rings. The third-order valence-corrected chi connectivity index (χ3v) is 5.04. The first kappa shape index (κ1) is 20.6. The molecule has 0 bridgehead atoms. The van der Waals surface area contributed by atoms with Crippen molar-refractivity contribution >= 4 is 23.5 Å². The highest BCUT2D eigenvalue weighted by Gasteiger charge is 2.38. The number of anilines is 1. The smallest absolute Gasteiger partial charge is 0.324 e. The summed E-state index contributed by atoms with van der Waals surface area (Å²) in [5.74, 6) is -0.699. The molecule has 0 spiro atoms. The predicted molar refractivity (Wildman–Crippen MR) is 110 cm³/mol. The van der Waals surface area contributed by atoms with E-state index in [4.69, 9.17) is 0 Å². The highest BCUT2D eigenvalue weighted by Crippen LogP contribution is 2.23. The lowest BCUT2D eigenvalue weighted by atomic mass is 10.1. The van der Waals surface area contributed by atoms with E-state index in [0.717, 1.165) is 17.0 Å². The third kappa shape index (κ3) is 4.47. The van der Waals surface area contributed by atoms with Crippen LogP contribution in [0.25, 0.3) is 0 Å². The molecule has 4 amide bonds. The van der Waals surface area contributed by atoms with Gasteiger partial charge in [-0.2, -0.15) is 5.10 Å². The quantitative estimate of drug-likeness (QED) is 0.702. The number of aromatic nitrogens is 2. The first-order valence-corrected chi connectivity index (χ1v) is 9.79. The largest absolute Gasteiger partial charge is 0.325 e. The van der Waals surface area contributed by atoms with Gasteiger partial charge in [0.1, 0.15) is 6.04 Å². The summed E-state index contributed by atoms with van der Waals surface area (Å²) < 4.78 is 1.85. The molecule has 0 aliphatic carbocycles. The van der Waals surface area contributed by atoms with Crippen LogP contribution in [0.2, 0.25) is 0 Å². The Balaban J connectivity index is 1.60. The van der Waals surface area contributed by atoms with E-state index in [9.17, 15) is 14.4 Å². The van der Waals surface area contributed by atoms with Gasteiger partial charge in [-0.15, -0.1) is 0 Å². The van der Waals surface area contributed by atoms with E-state index < -0.39 is 12.1 Å². The average molecular weight is 397 g/mol. The van der Waals surface area contributed by atoms with Crippen LogP contribution in [0.4, 0.5) is 10.5 Å². The SMILES string of the molecule is Cc1nn(C(C)C)c(C)c1NC(=O)CC1NC(=O)N(CCc2ccccc2)C1=O. The van der Waals surface area contributed by atoms with Gasteiger partial charge in [0.05, 0.1) is 23.5 Å². The minimum atomic E-state index is -0.848. The summed E-state index contributed by atoms with van der Waals surface area (Å²) in [6.45, 7) is 8.04. The zero-order valence-electron chi connectivity index (χ0n) is 17.2. The van der Waals surface area contributed by atoms with Gasteiger partial charge in [0, 0.05) is 12.6 Å². The monoisotopic (exact) mass is 397 g/mol. The Morgan fingerprint density at radius 1 is 1.21 bits per heavy atom. The molecule has 8 heteroatoms. The van der Waals surface area contributed by atoms with Crippen molar-refractivity contribution < 1.29 is 14.4 Å². The number of carbonyl (C=O) groups excluding carboxylic acids is 3. The van der Waals surface area contributed by atoms with E-state index >= 15 is 0 Å². The first-order valence-electron chi connectivity index (χ1n) is 9.79. The molecular weight excluding hydrogens is 370 g/mol. The standard InChI is InChI=1S/C21H27N5O3/c1-13(2)26-15(4)19(14(3)24-26)23-18(27)12-17-20(28)25(21(29)22-17)11-10-16-8-6-5-7-9-16/h5-9,13,17H,10-12H2,1-4H3,(H,22,29)(H,23,27). The number of nitrogens with one attached hydrogen (secondary N) is 2. The second-order valence-corrected chi connectivity index (χ2v) is 7.56. The van der Waals surface area contributed by atoms with Gasteiger partial charge in [-0.1, -0.05) is 30.3 Å². The highest BCUT2D eigenvalue weighted by atomic mass is 16.2. The Morgan fingerprint density at radius 3 is 2.52 bits per heavy atom. The molecule has 1 aliphatic heterocycles. The fourth-order valence-corrected chi connectivity index (χ4v) is 3.54. The van der Waals surface area contributed by atoms with Crippen molar-refractivity contribution in [1.29, 1.82) is 0 Å². The van der Waals surface area contributed by atoms with E-state index in [2.05, 4.69) is 15.7 Å². The number of imide groups is 1. The minimum Gasteiger partial charge on any atom is -0.325 e. The van der Waals surface area contributed by atoms with Crippen molar-refractivity contribution in [3.05, 3.63) is 47.3 Å². The fraction of sp³-hybridized carbons (Fsp3) is 0.429. The lowest BCUT2D eigenvalue weighted by molar-refractivity contribution is -0.129. The Hall–Kier alpha value is -3.16. The number of urea groups is 1. The first-order chi connectivity index (χ1) is 13.8. The number of rotatable bonds is 7. The van der Waals surface area contributed by atoms with Crippen LogP contribution in [0, 0.1) is 13.8 Å². The molecule has 0 radical (unpaired) electrons. The Kier molecular flexibility index (Phi) is 6.00. The van der Waals surface area contributed by atoms with E-state index in [1.54, 1.807) is 0 Å². The molecule has 2 N–H and O–H groups in total. The van der Waals surface area contributed by atoms with E-state index in [1.807, 2.05) is 62.7 Å². The summed E-state index contributed by atoms with van der Waals surface area (Å²) in [7, 11) is 0. The second kappa shape index (κ2) is 8.46. The molecule has 1 aromatic heterocycles. The van der Waals surface area contributed by atoms with Crippen molar-refractivity contribution in [2.45, 2.75) is 52.6 Å². The number of benzene rings is 1. The van der Waals surface area contributed by atoms with Gasteiger partial charge in [0.15, 0.2) is 0 Å². The molecule has 29 heavy (non-hydrogen) atoms. The van der Waals surface area contributed by atoms with E-state index in [0.29, 0.717) is 12.1 Å². The number of carbonyl (C=O) groups is 3. The molecule has 3 rings (SSSR count). The lowest BCUT2D eigenvalue weighted by Crippen LogP contribution is -2.35. The molecule has 8 nitrogen and oxygen atoms in total. The highest BCUT2D eigenvalue weighted by molar-refractivity contribution is 6.07. The molecule has 154 valence electrons. The van der Waals surface area contributed by atoms with Crippen molar-refractivity contribution in [3.8, 4) is 0 Å². The molecule has 1 saturated heterocycles. The van der Waals surface area contributed by atoms with Crippen LogP contribution in [0.5, 0.6) is 0 Å². The fourth-order valence-electron chi connectivity index (χ4n) is 3.54. The van der Waals surface area contributed by atoms with Crippen molar-refractivity contribution in [2.75, 3.05) is 11.9 Å². The average Bonchev–Trinajstić information content (AvgIpc) is 3.11. The Bertz CT molecular complexity index is 920. The van der Waals surface area contributed by atoms with E-state index in [1.165, 1.54) is 4.90 Å². The molecule has 1 unspecified atom stereocenters. The number of nitrogens with zero attached hydrogens (tertiary/aromatic N) is 3. The number of hydrogen-bond donors (Lipinski definition) is 2. The molecule has 0 saturated carbocycles. The van der Waals surface area contributed by atoms with Crippen LogP contribution in [-0.4, -0.2) is 45.1 Å². The summed E-state index contributed by atoms with van der Waals surface area (Å²) in [4.78, 5) is 38.5. The maximum atomic E-state index is 12.6. The van der Waals surface area contributed by atoms with Gasteiger partial charge >= 0.3 is 6.03 Å². The predicted octanol–water partition coefficient (Wildman–Crippen LogP) is 2.57. The Morgan fingerprint density at radius 2 is 1.90 bits per heavy atom. The number of aryl methyl sites for hydroxylation is 1. The second-order valence-electron chi connectivity index (χ2n) is 7.56. The van der Waals surface area contributed by atoms with Crippen LogP contribution < -0.4 is 10.6 Å². The molecule has 1 fully saturated rings. The normalized spacial score (nSPS) is 16.4. The molecule has 1 atom stereocenters. The Labute approximate surface area is 170 Å². The summed E-state index contributed by atoms with van der Waals surface area (Å²) in [5.41, 5.74) is 3.27. The molecule has 2 heterocycles. The maximum Gasteiger partial charge on any atom is 0.324 e. The topological polar surface area (TPSA) is 96.3 Å². The number of hydrogen-bond acceptors (Lipinski definition) is 4. The van der Waals surface area contributed by atoms with Gasteiger partial charge in [-0.3, -0.25) is 19.2 Å².